The highest BCUT2D eigenvalue weighted by molar-refractivity contribution is 9.10. The number of para-hydroxylation sites is 1. The van der Waals surface area contributed by atoms with Crippen LogP contribution in [0.1, 0.15) is 17.4 Å². The molecule has 0 fully saturated rings. The van der Waals surface area contributed by atoms with E-state index in [0.29, 0.717) is 6.42 Å². The number of halogens is 1. The van der Waals surface area contributed by atoms with Crippen molar-refractivity contribution in [1.29, 1.82) is 0 Å². The Kier molecular flexibility index (Phi) is 3.76. The summed E-state index contributed by atoms with van der Waals surface area (Å²) in [6.45, 7) is 0. The summed E-state index contributed by atoms with van der Waals surface area (Å²) in [5.41, 5.74) is 2.65. The third-order valence-electron chi connectivity index (χ3n) is 3.23. The van der Waals surface area contributed by atoms with Gasteiger partial charge in [0.25, 0.3) is 0 Å². The molecular weight excluding hydrogens is 316 g/mol. The summed E-state index contributed by atoms with van der Waals surface area (Å²) in [4.78, 5) is 8.61. The molecule has 0 spiro atoms. The van der Waals surface area contributed by atoms with E-state index in [1.807, 2.05) is 42.5 Å². The van der Waals surface area contributed by atoms with Gasteiger partial charge in [-0.05, 0) is 45.8 Å². The van der Waals surface area contributed by atoms with Crippen LogP contribution in [0, 0.1) is 0 Å². The first-order valence-corrected chi connectivity index (χ1v) is 7.15. The molecule has 2 heterocycles. The van der Waals surface area contributed by atoms with Crippen LogP contribution < -0.4 is 0 Å². The Bertz CT molecular complexity index is 723. The fourth-order valence-electron chi connectivity index (χ4n) is 2.24. The van der Waals surface area contributed by atoms with Gasteiger partial charge in [0.1, 0.15) is 0 Å². The molecule has 0 aliphatic heterocycles. The first kappa shape index (κ1) is 13.2. The maximum absolute atomic E-state index is 10.5. The number of nitrogens with zero attached hydrogens (tertiary/aromatic N) is 2. The minimum absolute atomic E-state index is 0.487. The number of aliphatic hydroxyl groups excluding tert-OH is 1. The van der Waals surface area contributed by atoms with E-state index in [-0.39, 0.29) is 0 Å². The molecule has 0 amide bonds. The minimum Gasteiger partial charge on any atom is -0.388 e. The molecule has 0 saturated heterocycles. The number of hydrogen-bond acceptors (Lipinski definition) is 3. The number of benzene rings is 1. The van der Waals surface area contributed by atoms with Crippen molar-refractivity contribution in [2.45, 2.75) is 12.5 Å². The van der Waals surface area contributed by atoms with Gasteiger partial charge in [0, 0.05) is 34.4 Å². The van der Waals surface area contributed by atoms with E-state index in [2.05, 4.69) is 25.9 Å². The molecule has 2 aromatic heterocycles. The fourth-order valence-corrected chi connectivity index (χ4v) is 2.48. The first-order valence-electron chi connectivity index (χ1n) is 6.36. The van der Waals surface area contributed by atoms with Gasteiger partial charge in [0.15, 0.2) is 0 Å². The summed E-state index contributed by atoms with van der Waals surface area (Å²) in [5, 5.41) is 11.4. The SMILES string of the molecule is OC(Cc1ccc(Br)cn1)c1ccnc2ccccc12. The number of hydrogen-bond donors (Lipinski definition) is 1. The summed E-state index contributed by atoms with van der Waals surface area (Å²) >= 11 is 3.36. The molecule has 1 unspecified atom stereocenters. The highest BCUT2D eigenvalue weighted by atomic mass is 79.9. The van der Waals surface area contributed by atoms with Gasteiger partial charge >= 0.3 is 0 Å². The van der Waals surface area contributed by atoms with E-state index in [1.165, 1.54) is 0 Å². The summed E-state index contributed by atoms with van der Waals surface area (Å²) < 4.78 is 0.935. The van der Waals surface area contributed by atoms with Crippen LogP contribution in [0.3, 0.4) is 0 Å². The maximum Gasteiger partial charge on any atom is 0.0852 e. The maximum atomic E-state index is 10.5. The lowest BCUT2D eigenvalue weighted by molar-refractivity contribution is 0.178. The van der Waals surface area contributed by atoms with E-state index >= 15 is 0 Å². The van der Waals surface area contributed by atoms with Gasteiger partial charge in [-0.2, -0.15) is 0 Å². The van der Waals surface area contributed by atoms with Crippen molar-refractivity contribution in [3.8, 4) is 0 Å². The highest BCUT2D eigenvalue weighted by Gasteiger charge is 2.12. The number of aliphatic hydroxyl groups is 1. The second kappa shape index (κ2) is 5.69. The van der Waals surface area contributed by atoms with Crippen molar-refractivity contribution in [3.63, 3.8) is 0 Å². The molecule has 0 aliphatic carbocycles. The van der Waals surface area contributed by atoms with Crippen molar-refractivity contribution in [2.75, 3.05) is 0 Å². The fraction of sp³-hybridized carbons (Fsp3) is 0.125. The number of aromatic nitrogens is 2. The molecule has 1 aromatic carbocycles. The lowest BCUT2D eigenvalue weighted by Crippen LogP contribution is -2.04. The van der Waals surface area contributed by atoms with Gasteiger partial charge in [0.2, 0.25) is 0 Å². The summed E-state index contributed by atoms with van der Waals surface area (Å²) in [6, 6.07) is 13.5. The zero-order valence-corrected chi connectivity index (χ0v) is 12.3. The largest absolute Gasteiger partial charge is 0.388 e. The van der Waals surface area contributed by atoms with Crippen LogP contribution in [-0.4, -0.2) is 15.1 Å². The third kappa shape index (κ3) is 2.71. The average Bonchev–Trinajstić information content (AvgIpc) is 2.49. The van der Waals surface area contributed by atoms with Crippen LogP contribution in [0.15, 0.2) is 59.3 Å². The predicted octanol–water partition coefficient (Wildman–Crippen LogP) is 3.67. The molecule has 1 atom stereocenters. The molecule has 3 nitrogen and oxygen atoms in total. The molecule has 3 aromatic rings. The molecule has 0 saturated carbocycles. The van der Waals surface area contributed by atoms with E-state index in [9.17, 15) is 5.11 Å². The monoisotopic (exact) mass is 328 g/mol. The predicted molar refractivity (Wildman–Crippen MR) is 82.3 cm³/mol. The Morgan fingerprint density at radius 2 is 1.90 bits per heavy atom. The second-order valence-corrected chi connectivity index (χ2v) is 5.52. The topological polar surface area (TPSA) is 46.0 Å². The van der Waals surface area contributed by atoms with Crippen LogP contribution in [-0.2, 0) is 6.42 Å². The van der Waals surface area contributed by atoms with Gasteiger partial charge in [-0.1, -0.05) is 18.2 Å². The Morgan fingerprint density at radius 3 is 2.70 bits per heavy atom. The quantitative estimate of drug-likeness (QED) is 0.797. The van der Waals surface area contributed by atoms with Crippen LogP contribution >= 0.6 is 15.9 Å². The highest BCUT2D eigenvalue weighted by Crippen LogP contribution is 2.25. The summed E-state index contributed by atoms with van der Waals surface area (Å²) in [6.07, 6.45) is 3.38. The molecule has 0 bridgehead atoms. The lowest BCUT2D eigenvalue weighted by atomic mass is 10.0. The smallest absolute Gasteiger partial charge is 0.0852 e. The van der Waals surface area contributed by atoms with E-state index in [1.54, 1.807) is 12.4 Å². The normalized spacial score (nSPS) is 12.5. The van der Waals surface area contributed by atoms with Crippen molar-refractivity contribution in [2.24, 2.45) is 0 Å². The number of pyridine rings is 2. The lowest BCUT2D eigenvalue weighted by Gasteiger charge is -2.13. The number of rotatable bonds is 3. The molecule has 4 heteroatoms. The van der Waals surface area contributed by atoms with E-state index < -0.39 is 6.10 Å². The van der Waals surface area contributed by atoms with Crippen molar-refractivity contribution >= 4 is 26.8 Å². The van der Waals surface area contributed by atoms with Crippen molar-refractivity contribution < 1.29 is 5.11 Å². The van der Waals surface area contributed by atoms with Gasteiger partial charge in [-0.3, -0.25) is 9.97 Å². The van der Waals surface area contributed by atoms with Crippen molar-refractivity contribution in [1.82, 2.24) is 9.97 Å². The van der Waals surface area contributed by atoms with Crippen LogP contribution in [0.5, 0.6) is 0 Å². The Hall–Kier alpha value is -1.78. The van der Waals surface area contributed by atoms with Crippen LogP contribution in [0.2, 0.25) is 0 Å². The molecule has 20 heavy (non-hydrogen) atoms. The molecule has 3 rings (SSSR count). The first-order chi connectivity index (χ1) is 9.74. The zero-order chi connectivity index (χ0) is 13.9. The van der Waals surface area contributed by atoms with E-state index in [0.717, 1.165) is 26.6 Å². The van der Waals surface area contributed by atoms with E-state index in [4.69, 9.17) is 0 Å². The van der Waals surface area contributed by atoms with Gasteiger partial charge in [-0.15, -0.1) is 0 Å². The second-order valence-electron chi connectivity index (χ2n) is 4.61. The molecule has 100 valence electrons. The molecule has 0 aliphatic rings. The van der Waals surface area contributed by atoms with Crippen LogP contribution in [0.25, 0.3) is 10.9 Å². The Balaban J connectivity index is 1.92. The Morgan fingerprint density at radius 1 is 1.05 bits per heavy atom. The van der Waals surface area contributed by atoms with Crippen molar-refractivity contribution in [3.05, 3.63) is 70.6 Å². The minimum atomic E-state index is -0.587. The number of fused-ring (bicyclic) bond motifs is 1. The average molecular weight is 329 g/mol. The van der Waals surface area contributed by atoms with Crippen LogP contribution in [0.4, 0.5) is 0 Å². The molecule has 1 N–H and O–H groups in total. The molecule has 0 radical (unpaired) electrons. The van der Waals surface area contributed by atoms with Gasteiger partial charge in [0.05, 0.1) is 11.6 Å². The Labute approximate surface area is 125 Å². The van der Waals surface area contributed by atoms with Gasteiger partial charge < -0.3 is 5.11 Å². The third-order valence-corrected chi connectivity index (χ3v) is 3.70. The standard InChI is InChI=1S/C16H13BrN2O/c17-11-5-6-12(19-10-11)9-16(20)14-7-8-18-15-4-2-1-3-13(14)15/h1-8,10,16,20H,9H2. The molecular formula is C16H13BrN2O. The summed E-state index contributed by atoms with van der Waals surface area (Å²) in [5.74, 6) is 0. The summed E-state index contributed by atoms with van der Waals surface area (Å²) in [7, 11) is 0. The van der Waals surface area contributed by atoms with Gasteiger partial charge in [-0.25, -0.2) is 0 Å². The zero-order valence-electron chi connectivity index (χ0n) is 10.7.